The van der Waals surface area contributed by atoms with Crippen molar-refractivity contribution < 1.29 is 80.9 Å². The van der Waals surface area contributed by atoms with Crippen LogP contribution in [0.15, 0.2) is 157 Å². The molecule has 0 saturated carbocycles. The minimum Gasteiger partial charge on any atom is -0.463 e. The van der Waals surface area contributed by atoms with Gasteiger partial charge in [0.15, 0.2) is 43.1 Å². The normalized spacial score (nSPS) is 24.1. The summed E-state index contributed by atoms with van der Waals surface area (Å²) >= 11 is 1.48. The molecule has 5 aromatic rings. The van der Waals surface area contributed by atoms with Gasteiger partial charge in [0, 0.05) is 38.5 Å². The van der Waals surface area contributed by atoms with E-state index in [2.05, 4.69) is 0 Å². The third-order valence-corrected chi connectivity index (χ3v) is 12.4. The summed E-state index contributed by atoms with van der Waals surface area (Å²) in [5.74, 6) is -4.48. The Morgan fingerprint density at radius 3 is 1.39 bits per heavy atom. The van der Waals surface area contributed by atoms with Crippen molar-refractivity contribution in [3.8, 4) is 0 Å². The van der Waals surface area contributed by atoms with Crippen molar-refractivity contribution in [2.75, 3.05) is 26.1 Å². The fraction of sp³-hybridized carbons (Fsp3) is 0.333. The molecule has 378 valence electrons. The zero-order valence-corrected chi connectivity index (χ0v) is 40.6. The van der Waals surface area contributed by atoms with E-state index in [0.717, 1.165) is 17.4 Å². The predicted octanol–water partition coefficient (Wildman–Crippen LogP) is 7.12. The first kappa shape index (κ1) is 52.9. The highest BCUT2D eigenvalue weighted by atomic mass is 32.2. The summed E-state index contributed by atoms with van der Waals surface area (Å²) in [4.78, 5) is 80.9. The molecule has 18 heteroatoms. The van der Waals surface area contributed by atoms with Crippen LogP contribution in [0.5, 0.6) is 0 Å². The lowest BCUT2D eigenvalue weighted by Gasteiger charge is -2.47. The number of hydrogen-bond acceptors (Lipinski definition) is 18. The van der Waals surface area contributed by atoms with Crippen LogP contribution in [-0.4, -0.2) is 123 Å². The summed E-state index contributed by atoms with van der Waals surface area (Å²) in [6, 6.07) is 42.8. The van der Waals surface area contributed by atoms with Crippen LogP contribution in [0.4, 0.5) is 0 Å². The van der Waals surface area contributed by atoms with Crippen LogP contribution in [-0.2, 0) is 66.5 Å². The molecule has 0 aromatic heterocycles. The highest BCUT2D eigenvalue weighted by Gasteiger charge is 2.56. The molecule has 5 aromatic carbocycles. The van der Waals surface area contributed by atoms with Gasteiger partial charge >= 0.3 is 35.8 Å². The van der Waals surface area contributed by atoms with Crippen molar-refractivity contribution in [1.29, 1.82) is 0 Å². The maximum Gasteiger partial charge on any atom is 0.338 e. The minimum absolute atomic E-state index is 0.121. The van der Waals surface area contributed by atoms with E-state index in [4.69, 9.17) is 52.1 Å². The first-order valence-corrected chi connectivity index (χ1v) is 24.0. The number of rotatable bonds is 20. The second-order valence-corrected chi connectivity index (χ2v) is 17.5. The second kappa shape index (κ2) is 26.0. The van der Waals surface area contributed by atoms with Crippen molar-refractivity contribution in [1.82, 2.24) is 0 Å². The third kappa shape index (κ3) is 14.4. The number of thioether (sulfide) groups is 1. The second-order valence-electron chi connectivity index (χ2n) is 16.4. The van der Waals surface area contributed by atoms with Crippen molar-refractivity contribution in [2.45, 2.75) is 93.2 Å². The summed E-state index contributed by atoms with van der Waals surface area (Å²) in [6.07, 6.45) is -15.6. The SMILES string of the molecule is CO[C@H]1O[C@H](CO[C@H]2O[C@H](COC(C)=O)[C@@H](OC(C)=O)[C@H](OC(C)=O)[C@H]2O[C@H](CSc2ccccc2)c2ccccc2)[C@@H](OC(=O)c2ccccc2)[C@H](OC(=O)c2ccccc2)[C@H]1OC(=O)c1ccccc1. The number of hydrogen-bond donors (Lipinski definition) is 0. The van der Waals surface area contributed by atoms with Gasteiger partial charge in [0.1, 0.15) is 24.9 Å². The van der Waals surface area contributed by atoms with E-state index in [1.165, 1.54) is 69.1 Å². The van der Waals surface area contributed by atoms with Crippen LogP contribution in [0.25, 0.3) is 0 Å². The molecule has 0 spiro atoms. The van der Waals surface area contributed by atoms with Crippen LogP contribution in [0.3, 0.4) is 0 Å². The van der Waals surface area contributed by atoms with Crippen LogP contribution in [0, 0.1) is 0 Å². The molecular formula is C54H54O17S. The van der Waals surface area contributed by atoms with E-state index in [-0.39, 0.29) is 16.7 Å². The van der Waals surface area contributed by atoms with Crippen LogP contribution < -0.4 is 0 Å². The molecule has 2 aliphatic heterocycles. The lowest BCUT2D eigenvalue weighted by molar-refractivity contribution is -0.337. The summed E-state index contributed by atoms with van der Waals surface area (Å²) in [7, 11) is 1.28. The lowest BCUT2D eigenvalue weighted by atomic mass is 9.96. The minimum atomic E-state index is -1.62. The highest BCUT2D eigenvalue weighted by molar-refractivity contribution is 7.99. The average molecular weight is 1010 g/mol. The molecule has 0 radical (unpaired) electrons. The smallest absolute Gasteiger partial charge is 0.338 e. The van der Waals surface area contributed by atoms with Gasteiger partial charge in [0.05, 0.1) is 29.4 Å². The molecule has 7 rings (SSSR count). The summed E-state index contributed by atoms with van der Waals surface area (Å²) in [5.41, 5.74) is 1.12. The number of carbonyl (C=O) groups excluding carboxylic acids is 6. The molecule has 11 atom stereocenters. The monoisotopic (exact) mass is 1010 g/mol. The summed E-state index contributed by atoms with van der Waals surface area (Å²) in [5, 5.41) is 0. The first-order chi connectivity index (χ1) is 34.9. The Bertz CT molecular complexity index is 2550. The Kier molecular flexibility index (Phi) is 19.1. The molecule has 0 bridgehead atoms. The standard InChI is InChI=1S/C54H54O17S/c1-33(55)62-30-41-44(64-34(2)56)46(65-35(3)57)49(66-43(36-20-10-5-11-21-36)32-72-40-28-18-9-19-29-40)54(68-41)63-31-42-45(69-50(58)37-22-12-6-13-23-37)47(70-51(59)38-24-14-7-15-25-38)48(53(61-4)67-42)71-52(60)39-26-16-8-17-27-39/h5-29,41-49,53-54H,30-32H2,1-4H3/t41-,42-,43-,44-,45-,46+,47+,48-,49-,53+,54+/m1/s1. The van der Waals surface area contributed by atoms with E-state index < -0.39 is 117 Å². The number of esters is 6. The zero-order valence-electron chi connectivity index (χ0n) is 39.8. The average Bonchev–Trinajstić information content (AvgIpc) is 3.39. The third-order valence-electron chi connectivity index (χ3n) is 11.3. The highest BCUT2D eigenvalue weighted by Crippen LogP contribution is 2.37. The van der Waals surface area contributed by atoms with Gasteiger partial charge < -0.3 is 52.1 Å². The molecule has 2 heterocycles. The quantitative estimate of drug-likeness (QED) is 0.0432. The molecule has 2 aliphatic rings. The molecule has 2 saturated heterocycles. The first-order valence-electron chi connectivity index (χ1n) is 23.0. The topological polar surface area (TPSA) is 204 Å². The van der Waals surface area contributed by atoms with E-state index in [1.807, 2.05) is 60.7 Å². The molecule has 2 fully saturated rings. The number of methoxy groups -OCH3 is 1. The van der Waals surface area contributed by atoms with E-state index in [1.54, 1.807) is 54.6 Å². The Morgan fingerprint density at radius 2 is 0.889 bits per heavy atom. The Labute approximate surface area is 420 Å². The van der Waals surface area contributed by atoms with Crippen LogP contribution in [0.1, 0.15) is 63.5 Å². The van der Waals surface area contributed by atoms with Gasteiger partial charge in [-0.15, -0.1) is 11.8 Å². The van der Waals surface area contributed by atoms with Gasteiger partial charge in [-0.25, -0.2) is 14.4 Å². The Morgan fingerprint density at radius 1 is 0.472 bits per heavy atom. The van der Waals surface area contributed by atoms with Gasteiger partial charge in [-0.3, -0.25) is 14.4 Å². The molecule has 0 unspecified atom stereocenters. The van der Waals surface area contributed by atoms with Crippen molar-refractivity contribution >= 4 is 47.6 Å². The maximum absolute atomic E-state index is 14.1. The van der Waals surface area contributed by atoms with Gasteiger partial charge in [0.25, 0.3) is 0 Å². The molecule has 0 aliphatic carbocycles. The van der Waals surface area contributed by atoms with Crippen molar-refractivity contribution in [2.24, 2.45) is 0 Å². The fourth-order valence-electron chi connectivity index (χ4n) is 8.00. The largest absolute Gasteiger partial charge is 0.463 e. The van der Waals surface area contributed by atoms with Crippen molar-refractivity contribution in [3.05, 3.63) is 174 Å². The molecule has 17 nitrogen and oxygen atoms in total. The summed E-state index contributed by atoms with van der Waals surface area (Å²) < 4.78 is 67.9. The van der Waals surface area contributed by atoms with Gasteiger partial charge in [-0.2, -0.15) is 0 Å². The Hall–Kier alpha value is -6.93. The van der Waals surface area contributed by atoms with Gasteiger partial charge in [0.2, 0.25) is 0 Å². The van der Waals surface area contributed by atoms with E-state index in [0.29, 0.717) is 5.75 Å². The zero-order chi connectivity index (χ0) is 51.0. The number of benzene rings is 5. The molecular weight excluding hydrogens is 953 g/mol. The Balaban J connectivity index is 1.30. The fourth-order valence-corrected chi connectivity index (χ4v) is 8.97. The lowest BCUT2D eigenvalue weighted by Crippen LogP contribution is -2.65. The number of ether oxygens (including phenoxy) is 11. The van der Waals surface area contributed by atoms with Gasteiger partial charge in [-0.05, 0) is 54.1 Å². The van der Waals surface area contributed by atoms with Gasteiger partial charge in [-0.1, -0.05) is 103 Å². The molecule has 0 amide bonds. The van der Waals surface area contributed by atoms with E-state index in [9.17, 15) is 28.8 Å². The van der Waals surface area contributed by atoms with Crippen LogP contribution in [0.2, 0.25) is 0 Å². The summed E-state index contributed by atoms with van der Waals surface area (Å²) in [6.45, 7) is 2.44. The molecule has 0 N–H and O–H groups in total. The number of carbonyl (C=O) groups is 6. The van der Waals surface area contributed by atoms with Crippen LogP contribution >= 0.6 is 11.8 Å². The molecule has 72 heavy (non-hydrogen) atoms. The predicted molar refractivity (Wildman–Crippen MR) is 256 cm³/mol. The maximum atomic E-state index is 14.1. The van der Waals surface area contributed by atoms with E-state index >= 15 is 0 Å². The van der Waals surface area contributed by atoms with Crippen molar-refractivity contribution in [3.63, 3.8) is 0 Å².